The van der Waals surface area contributed by atoms with E-state index >= 15 is 0 Å². The van der Waals surface area contributed by atoms with Crippen LogP contribution in [0.2, 0.25) is 0 Å². The van der Waals surface area contributed by atoms with Gasteiger partial charge in [0.2, 0.25) is 0 Å². The summed E-state index contributed by atoms with van der Waals surface area (Å²) < 4.78 is 4.71. The fourth-order valence-corrected chi connectivity index (χ4v) is 2.82. The fraction of sp³-hybridized carbons (Fsp3) is 0.105. The number of carboxylic acid groups (broad SMARTS) is 1. The van der Waals surface area contributed by atoms with E-state index < -0.39 is 11.9 Å². The van der Waals surface area contributed by atoms with Gasteiger partial charge in [0.25, 0.3) is 5.91 Å². The second kappa shape index (κ2) is 6.60. The Balaban J connectivity index is 1.97. The Labute approximate surface area is 143 Å². The molecule has 1 amide bonds. The molecule has 0 saturated carbocycles. The van der Waals surface area contributed by atoms with E-state index in [1.54, 1.807) is 48.5 Å². The molecule has 0 aliphatic carbocycles. The number of ether oxygens (including phenoxy) is 1. The number of carbonyl (C=O) groups is 3. The zero-order valence-electron chi connectivity index (χ0n) is 13.4. The predicted octanol–water partition coefficient (Wildman–Crippen LogP) is 2.49. The minimum Gasteiger partial charge on any atom is -0.478 e. The van der Waals surface area contributed by atoms with Gasteiger partial charge in [0.15, 0.2) is 0 Å². The number of esters is 1. The van der Waals surface area contributed by atoms with Crippen molar-refractivity contribution in [2.75, 3.05) is 12.0 Å². The first-order chi connectivity index (χ1) is 12.0. The maximum Gasteiger partial charge on any atom is 0.337 e. The molecule has 6 nitrogen and oxygen atoms in total. The van der Waals surface area contributed by atoms with E-state index in [9.17, 15) is 14.4 Å². The van der Waals surface area contributed by atoms with Crippen LogP contribution in [-0.4, -0.2) is 30.1 Å². The summed E-state index contributed by atoms with van der Waals surface area (Å²) >= 11 is 0. The van der Waals surface area contributed by atoms with Crippen molar-refractivity contribution >= 4 is 29.1 Å². The van der Waals surface area contributed by atoms with Crippen molar-refractivity contribution in [1.82, 2.24) is 0 Å². The van der Waals surface area contributed by atoms with Crippen molar-refractivity contribution in [3.63, 3.8) is 0 Å². The van der Waals surface area contributed by atoms with Crippen molar-refractivity contribution in [3.8, 4) is 0 Å². The first kappa shape index (κ1) is 16.4. The van der Waals surface area contributed by atoms with Crippen molar-refractivity contribution in [2.24, 2.45) is 0 Å². The molecule has 0 fully saturated rings. The van der Waals surface area contributed by atoms with E-state index in [1.165, 1.54) is 12.0 Å². The summed E-state index contributed by atoms with van der Waals surface area (Å²) in [6, 6.07) is 13.8. The molecule has 6 heteroatoms. The van der Waals surface area contributed by atoms with Gasteiger partial charge in [-0.15, -0.1) is 0 Å². The number of carbonyl (C=O) groups excluding carboxylic acids is 2. The summed E-state index contributed by atoms with van der Waals surface area (Å²) in [4.78, 5) is 36.9. The average Bonchev–Trinajstić information content (AvgIpc) is 2.87. The maximum absolute atomic E-state index is 12.7. The molecule has 1 aliphatic heterocycles. The molecular weight excluding hydrogens is 322 g/mol. The summed E-state index contributed by atoms with van der Waals surface area (Å²) in [5, 5.41) is 9.02. The normalized spacial score (nSPS) is 14.5. The molecule has 0 atom stereocenters. The van der Waals surface area contributed by atoms with Gasteiger partial charge in [-0.25, -0.2) is 9.59 Å². The number of carboxylic acids is 1. The zero-order valence-corrected chi connectivity index (χ0v) is 13.4. The van der Waals surface area contributed by atoms with Crippen LogP contribution < -0.4 is 4.90 Å². The number of hydrogen-bond donors (Lipinski definition) is 1. The summed E-state index contributed by atoms with van der Waals surface area (Å²) in [6.07, 6.45) is 0.923. The minimum absolute atomic E-state index is 0.146. The lowest BCUT2D eigenvalue weighted by atomic mass is 10.1. The average molecular weight is 337 g/mol. The van der Waals surface area contributed by atoms with E-state index in [0.717, 1.165) is 11.6 Å². The molecule has 1 aliphatic rings. The second-order valence-electron chi connectivity index (χ2n) is 5.50. The van der Waals surface area contributed by atoms with Crippen LogP contribution in [-0.2, 0) is 20.9 Å². The van der Waals surface area contributed by atoms with E-state index in [4.69, 9.17) is 9.84 Å². The lowest BCUT2D eigenvalue weighted by Gasteiger charge is -2.17. The summed E-state index contributed by atoms with van der Waals surface area (Å²) in [5.74, 6) is -2.01. The smallest absolute Gasteiger partial charge is 0.337 e. The van der Waals surface area contributed by atoms with Crippen LogP contribution >= 0.6 is 0 Å². The SMILES string of the molecule is COC(=O)c1cccc(CN2C(=O)/C(=C/C(=O)O)c3ccccc32)c1. The number of methoxy groups -OCH3 is 1. The number of hydrogen-bond acceptors (Lipinski definition) is 4. The lowest BCUT2D eigenvalue weighted by Crippen LogP contribution is -2.26. The number of fused-ring (bicyclic) bond motifs is 1. The monoisotopic (exact) mass is 337 g/mol. The predicted molar refractivity (Wildman–Crippen MR) is 91.0 cm³/mol. The van der Waals surface area contributed by atoms with Gasteiger partial charge < -0.3 is 14.7 Å². The minimum atomic E-state index is -1.17. The van der Waals surface area contributed by atoms with E-state index in [0.29, 0.717) is 16.8 Å². The Kier molecular flexibility index (Phi) is 4.35. The van der Waals surface area contributed by atoms with Crippen LogP contribution in [0.3, 0.4) is 0 Å². The molecule has 0 spiro atoms. The standard InChI is InChI=1S/C19H15NO5/c1-25-19(24)13-6-4-5-12(9-13)11-20-16-8-3-2-7-14(16)15(18(20)23)10-17(21)22/h2-10H,11H2,1H3,(H,21,22)/b15-10+. The molecule has 1 heterocycles. The number of amides is 1. The molecule has 0 unspecified atom stereocenters. The fourth-order valence-electron chi connectivity index (χ4n) is 2.82. The van der Waals surface area contributed by atoms with Gasteiger partial charge in [-0.3, -0.25) is 4.79 Å². The summed E-state index contributed by atoms with van der Waals surface area (Å²) in [7, 11) is 1.30. The van der Waals surface area contributed by atoms with Crippen LogP contribution in [0.15, 0.2) is 54.6 Å². The molecule has 0 bridgehead atoms. The number of benzene rings is 2. The third-order valence-corrected chi connectivity index (χ3v) is 3.92. The topological polar surface area (TPSA) is 83.9 Å². The molecular formula is C19H15NO5. The number of anilines is 1. The highest BCUT2D eigenvalue weighted by atomic mass is 16.5. The molecule has 3 rings (SSSR count). The molecule has 0 radical (unpaired) electrons. The van der Waals surface area contributed by atoms with Crippen LogP contribution in [0.5, 0.6) is 0 Å². The van der Waals surface area contributed by atoms with E-state index in [1.807, 2.05) is 0 Å². The van der Waals surface area contributed by atoms with Crippen molar-refractivity contribution < 1.29 is 24.2 Å². The Morgan fingerprint density at radius 1 is 1.16 bits per heavy atom. The summed E-state index contributed by atoms with van der Waals surface area (Å²) in [5.41, 5.74) is 2.50. The largest absolute Gasteiger partial charge is 0.478 e. The Hall–Kier alpha value is -3.41. The molecule has 0 saturated heterocycles. The van der Waals surface area contributed by atoms with Gasteiger partial charge in [-0.05, 0) is 23.8 Å². The van der Waals surface area contributed by atoms with Gasteiger partial charge in [0.1, 0.15) is 0 Å². The number of nitrogens with zero attached hydrogens (tertiary/aromatic N) is 1. The van der Waals surface area contributed by atoms with E-state index in [2.05, 4.69) is 0 Å². The second-order valence-corrected chi connectivity index (χ2v) is 5.50. The van der Waals surface area contributed by atoms with Gasteiger partial charge in [0, 0.05) is 11.6 Å². The first-order valence-corrected chi connectivity index (χ1v) is 7.54. The highest BCUT2D eigenvalue weighted by molar-refractivity contribution is 6.34. The van der Waals surface area contributed by atoms with Gasteiger partial charge in [-0.1, -0.05) is 30.3 Å². The molecule has 2 aromatic carbocycles. The maximum atomic E-state index is 12.7. The quantitative estimate of drug-likeness (QED) is 0.684. The zero-order chi connectivity index (χ0) is 18.0. The Morgan fingerprint density at radius 3 is 2.64 bits per heavy atom. The van der Waals surface area contributed by atoms with Crippen LogP contribution in [0.4, 0.5) is 5.69 Å². The summed E-state index contributed by atoms with van der Waals surface area (Å²) in [6.45, 7) is 0.220. The van der Waals surface area contributed by atoms with Gasteiger partial charge in [-0.2, -0.15) is 0 Å². The van der Waals surface area contributed by atoms with Crippen LogP contribution in [0.25, 0.3) is 5.57 Å². The number of rotatable bonds is 4. The van der Waals surface area contributed by atoms with E-state index in [-0.39, 0.29) is 18.0 Å². The number of aliphatic carboxylic acids is 1. The van der Waals surface area contributed by atoms with Crippen LogP contribution in [0.1, 0.15) is 21.5 Å². The van der Waals surface area contributed by atoms with Crippen molar-refractivity contribution in [1.29, 1.82) is 0 Å². The molecule has 25 heavy (non-hydrogen) atoms. The van der Waals surface area contributed by atoms with Crippen molar-refractivity contribution in [2.45, 2.75) is 6.54 Å². The number of para-hydroxylation sites is 1. The third-order valence-electron chi connectivity index (χ3n) is 3.92. The highest BCUT2D eigenvalue weighted by Crippen LogP contribution is 2.37. The molecule has 2 aromatic rings. The van der Waals surface area contributed by atoms with Crippen molar-refractivity contribution in [3.05, 3.63) is 71.3 Å². The lowest BCUT2D eigenvalue weighted by molar-refractivity contribution is -0.131. The van der Waals surface area contributed by atoms with Gasteiger partial charge >= 0.3 is 11.9 Å². The first-order valence-electron chi connectivity index (χ1n) is 7.54. The third kappa shape index (κ3) is 3.14. The van der Waals surface area contributed by atoms with Crippen LogP contribution in [0, 0.1) is 0 Å². The molecule has 126 valence electrons. The van der Waals surface area contributed by atoms with Gasteiger partial charge in [0.05, 0.1) is 30.5 Å². The highest BCUT2D eigenvalue weighted by Gasteiger charge is 2.32. The Morgan fingerprint density at radius 2 is 1.92 bits per heavy atom. The molecule has 0 aromatic heterocycles. The Bertz CT molecular complexity index is 900. The molecule has 1 N–H and O–H groups in total.